The molecular weight excluding hydrogens is 414 g/mol. The van der Waals surface area contributed by atoms with E-state index in [0.717, 1.165) is 11.1 Å². The molecule has 1 amide bonds. The van der Waals surface area contributed by atoms with Gasteiger partial charge in [-0.25, -0.2) is 4.79 Å². The molecule has 0 aliphatic rings. The van der Waals surface area contributed by atoms with E-state index in [4.69, 9.17) is 25.4 Å². The molecule has 0 saturated carbocycles. The van der Waals surface area contributed by atoms with Gasteiger partial charge < -0.3 is 25.4 Å². The number of hydrogen-bond acceptors (Lipinski definition) is 7. The van der Waals surface area contributed by atoms with E-state index in [1.165, 1.54) is 0 Å². The van der Waals surface area contributed by atoms with Crippen LogP contribution in [-0.4, -0.2) is 41.3 Å². The molecule has 0 aliphatic heterocycles. The Hall–Kier alpha value is -3.81. The molecule has 0 aliphatic carbocycles. The standard InChI is InChI=1S/C15H18O5.C9H11NO2/c1-11(2)15(18)20-10-9-19-14(17)8-5-12-3-6-13(16)7-4-12;10-9(12)6-3-7-1-4-8(11)5-2-7/h3-4,6-7,16H,1,5,8-10H2,2H3;1-2,4-5,11H,3,6H2,(H2,10,12). The van der Waals surface area contributed by atoms with Crippen molar-refractivity contribution in [2.45, 2.75) is 32.6 Å². The Morgan fingerprint density at radius 2 is 1.25 bits per heavy atom. The summed E-state index contributed by atoms with van der Waals surface area (Å²) in [5, 5.41) is 18.1. The molecule has 8 heteroatoms. The maximum Gasteiger partial charge on any atom is 0.333 e. The Labute approximate surface area is 187 Å². The van der Waals surface area contributed by atoms with Gasteiger partial charge in [-0.15, -0.1) is 0 Å². The highest BCUT2D eigenvalue weighted by Gasteiger charge is 2.06. The molecule has 172 valence electrons. The second kappa shape index (κ2) is 14.2. The third kappa shape index (κ3) is 12.0. The molecule has 2 aromatic rings. The first-order valence-electron chi connectivity index (χ1n) is 9.99. The van der Waals surface area contributed by atoms with E-state index in [1.807, 2.05) is 0 Å². The van der Waals surface area contributed by atoms with E-state index in [0.29, 0.717) is 24.8 Å². The van der Waals surface area contributed by atoms with Crippen LogP contribution in [0.3, 0.4) is 0 Å². The molecule has 0 unspecified atom stereocenters. The number of ether oxygens (including phenoxy) is 2. The van der Waals surface area contributed by atoms with Gasteiger partial charge in [0.2, 0.25) is 5.91 Å². The predicted molar refractivity (Wildman–Crippen MR) is 119 cm³/mol. The van der Waals surface area contributed by atoms with Gasteiger partial charge in [0.25, 0.3) is 0 Å². The topological polar surface area (TPSA) is 136 Å². The first-order valence-corrected chi connectivity index (χ1v) is 9.99. The maximum absolute atomic E-state index is 11.4. The van der Waals surface area contributed by atoms with Crippen LogP contribution < -0.4 is 5.73 Å². The zero-order valence-corrected chi connectivity index (χ0v) is 18.1. The molecule has 2 rings (SSSR count). The summed E-state index contributed by atoms with van der Waals surface area (Å²) in [5.74, 6) is -0.730. The Kier molecular flexibility index (Phi) is 11.7. The van der Waals surface area contributed by atoms with Crippen LogP contribution in [-0.2, 0) is 36.7 Å². The second-order valence-corrected chi connectivity index (χ2v) is 6.94. The van der Waals surface area contributed by atoms with Crippen molar-refractivity contribution in [1.29, 1.82) is 0 Å². The average molecular weight is 443 g/mol. The van der Waals surface area contributed by atoms with Crippen LogP contribution in [0.15, 0.2) is 60.7 Å². The fourth-order valence-electron chi connectivity index (χ4n) is 2.32. The Morgan fingerprint density at radius 3 is 1.69 bits per heavy atom. The molecule has 0 saturated heterocycles. The van der Waals surface area contributed by atoms with Crippen LogP contribution in [0.25, 0.3) is 0 Å². The van der Waals surface area contributed by atoms with Crippen molar-refractivity contribution in [2.75, 3.05) is 13.2 Å². The summed E-state index contributed by atoms with van der Waals surface area (Å²) in [6.45, 7) is 5.05. The smallest absolute Gasteiger partial charge is 0.333 e. The number of carbonyl (C=O) groups excluding carboxylic acids is 3. The summed E-state index contributed by atoms with van der Waals surface area (Å²) in [7, 11) is 0. The van der Waals surface area contributed by atoms with Gasteiger partial charge in [-0.3, -0.25) is 9.59 Å². The zero-order valence-electron chi connectivity index (χ0n) is 18.1. The lowest BCUT2D eigenvalue weighted by molar-refractivity contribution is -0.150. The van der Waals surface area contributed by atoms with Crippen LogP contribution in [0.4, 0.5) is 0 Å². The average Bonchev–Trinajstić information content (AvgIpc) is 2.76. The number of carbonyl (C=O) groups is 3. The van der Waals surface area contributed by atoms with E-state index in [9.17, 15) is 14.4 Å². The Morgan fingerprint density at radius 1 is 0.812 bits per heavy atom. The van der Waals surface area contributed by atoms with Crippen LogP contribution in [0.2, 0.25) is 0 Å². The second-order valence-electron chi connectivity index (χ2n) is 6.94. The van der Waals surface area contributed by atoms with Crippen molar-refractivity contribution in [1.82, 2.24) is 0 Å². The van der Waals surface area contributed by atoms with Gasteiger partial charge in [-0.2, -0.15) is 0 Å². The highest BCUT2D eigenvalue weighted by Crippen LogP contribution is 2.12. The molecule has 0 aromatic heterocycles. The van der Waals surface area contributed by atoms with Crippen molar-refractivity contribution in [3.63, 3.8) is 0 Å². The number of amides is 1. The lowest BCUT2D eigenvalue weighted by Gasteiger charge is -2.06. The summed E-state index contributed by atoms with van der Waals surface area (Å²) in [6, 6.07) is 13.4. The van der Waals surface area contributed by atoms with Crippen LogP contribution in [0, 0.1) is 0 Å². The van der Waals surface area contributed by atoms with Crippen LogP contribution in [0.1, 0.15) is 30.9 Å². The van der Waals surface area contributed by atoms with Crippen LogP contribution in [0.5, 0.6) is 11.5 Å². The van der Waals surface area contributed by atoms with Crippen molar-refractivity contribution in [3.05, 3.63) is 71.8 Å². The molecule has 0 spiro atoms. The monoisotopic (exact) mass is 443 g/mol. The number of nitrogens with two attached hydrogens (primary N) is 1. The quantitative estimate of drug-likeness (QED) is 0.292. The summed E-state index contributed by atoms with van der Waals surface area (Å²) in [4.78, 5) is 32.9. The summed E-state index contributed by atoms with van der Waals surface area (Å²) in [5.41, 5.74) is 7.24. The van der Waals surface area contributed by atoms with E-state index in [-0.39, 0.29) is 43.0 Å². The largest absolute Gasteiger partial charge is 0.508 e. The molecule has 8 nitrogen and oxygen atoms in total. The first-order chi connectivity index (χ1) is 15.2. The maximum atomic E-state index is 11.4. The number of benzene rings is 2. The molecule has 2 aromatic carbocycles. The molecular formula is C24H29NO7. The van der Waals surface area contributed by atoms with Gasteiger partial charge in [0.1, 0.15) is 24.7 Å². The minimum atomic E-state index is -0.495. The summed E-state index contributed by atoms with van der Waals surface area (Å²) < 4.78 is 9.71. The molecule has 0 heterocycles. The third-order valence-corrected chi connectivity index (χ3v) is 4.08. The van der Waals surface area contributed by atoms with E-state index in [2.05, 4.69) is 6.58 Å². The van der Waals surface area contributed by atoms with Gasteiger partial charge in [-0.1, -0.05) is 30.8 Å². The molecule has 0 atom stereocenters. The molecule has 0 bridgehead atoms. The van der Waals surface area contributed by atoms with Crippen molar-refractivity contribution in [3.8, 4) is 11.5 Å². The Balaban J connectivity index is 0.000000363. The Bertz CT molecular complexity index is 890. The fourth-order valence-corrected chi connectivity index (χ4v) is 2.32. The number of phenolic OH excluding ortho intramolecular Hbond substituents is 2. The van der Waals surface area contributed by atoms with E-state index < -0.39 is 5.97 Å². The van der Waals surface area contributed by atoms with Crippen LogP contribution >= 0.6 is 0 Å². The third-order valence-electron chi connectivity index (χ3n) is 4.08. The SMILES string of the molecule is C=C(C)C(=O)OCCOC(=O)CCc1ccc(O)cc1.NC(=O)CCc1ccc(O)cc1. The minimum absolute atomic E-state index is 0.0244. The molecule has 0 radical (unpaired) electrons. The summed E-state index contributed by atoms with van der Waals surface area (Å²) >= 11 is 0. The number of aryl methyl sites for hydroxylation is 2. The van der Waals surface area contributed by atoms with Gasteiger partial charge in [0.15, 0.2) is 0 Å². The van der Waals surface area contributed by atoms with Crippen molar-refractivity contribution >= 4 is 17.8 Å². The summed E-state index contributed by atoms with van der Waals surface area (Å²) in [6.07, 6.45) is 1.75. The number of primary amides is 1. The number of esters is 2. The zero-order chi connectivity index (χ0) is 23.9. The normalized spacial score (nSPS) is 9.78. The lowest BCUT2D eigenvalue weighted by atomic mass is 10.1. The number of rotatable bonds is 10. The van der Waals surface area contributed by atoms with Crippen molar-refractivity contribution < 1.29 is 34.1 Å². The lowest BCUT2D eigenvalue weighted by Crippen LogP contribution is -2.14. The van der Waals surface area contributed by atoms with E-state index >= 15 is 0 Å². The minimum Gasteiger partial charge on any atom is -0.508 e. The number of phenols is 2. The van der Waals surface area contributed by atoms with Gasteiger partial charge in [0, 0.05) is 18.4 Å². The predicted octanol–water partition coefficient (Wildman–Crippen LogP) is 2.80. The highest BCUT2D eigenvalue weighted by atomic mass is 16.6. The number of hydrogen-bond donors (Lipinski definition) is 3. The van der Waals surface area contributed by atoms with Gasteiger partial charge >= 0.3 is 11.9 Å². The van der Waals surface area contributed by atoms with Gasteiger partial charge in [0.05, 0.1) is 0 Å². The van der Waals surface area contributed by atoms with E-state index in [1.54, 1.807) is 55.5 Å². The number of aromatic hydroxyl groups is 2. The highest BCUT2D eigenvalue weighted by molar-refractivity contribution is 5.86. The molecule has 32 heavy (non-hydrogen) atoms. The molecule has 4 N–H and O–H groups in total. The molecule has 0 fully saturated rings. The van der Waals surface area contributed by atoms with Crippen molar-refractivity contribution in [2.24, 2.45) is 5.73 Å². The fraction of sp³-hybridized carbons (Fsp3) is 0.292. The first kappa shape index (κ1) is 26.2. The van der Waals surface area contributed by atoms with Gasteiger partial charge in [-0.05, 0) is 55.2 Å².